The molecule has 0 aliphatic carbocycles. The van der Waals surface area contributed by atoms with Crippen LogP contribution in [-0.2, 0) is 0 Å². The molecule has 0 saturated carbocycles. The van der Waals surface area contributed by atoms with Gasteiger partial charge in [-0.25, -0.2) is 0 Å². The normalized spacial score (nSPS) is 9.12. The minimum absolute atomic E-state index is 0.0159. The average molecular weight is 227 g/mol. The lowest BCUT2D eigenvalue weighted by atomic mass is 10.3. The maximum atomic E-state index is 10.0. The molecule has 6 nitrogen and oxygen atoms in total. The number of nitro groups is 1. The summed E-state index contributed by atoms with van der Waals surface area (Å²) >= 11 is 0. The molecule has 1 rings (SSSR count). The molecule has 1 aromatic rings. The highest BCUT2D eigenvalue weighted by Gasteiger charge is 2.01. The van der Waals surface area contributed by atoms with Crippen molar-refractivity contribution in [1.82, 2.24) is 10.6 Å². The van der Waals surface area contributed by atoms with Gasteiger partial charge < -0.3 is 15.7 Å². The molecule has 0 heterocycles. The van der Waals surface area contributed by atoms with Crippen LogP contribution in [0.4, 0.5) is 5.69 Å². The zero-order valence-electron chi connectivity index (χ0n) is 9.43. The molecule has 0 fully saturated rings. The quantitative estimate of drug-likeness (QED) is 0.401. The smallest absolute Gasteiger partial charge is 0.269 e. The highest BCUT2D eigenvalue weighted by Crippen LogP contribution is 2.14. The molecule has 0 atom stereocenters. The molecule has 0 saturated heterocycles. The van der Waals surface area contributed by atoms with Crippen molar-refractivity contribution in [1.29, 1.82) is 0 Å². The number of hydrogen-bond donors (Lipinski definition) is 3. The summed E-state index contributed by atoms with van der Waals surface area (Å²) < 4.78 is 0. The fourth-order valence-electron chi connectivity index (χ4n) is 0.824. The first-order valence-corrected chi connectivity index (χ1v) is 4.84. The van der Waals surface area contributed by atoms with Crippen molar-refractivity contribution in [2.24, 2.45) is 0 Å². The standard InChI is InChI=1S/C6H5NO3.C4H12N2/c8-6-3-1-5(2-4-6)7(9)10;1-5-3-4-6-2/h1-4,8H;5-6H,3-4H2,1-2H3. The SMILES string of the molecule is CNCCNC.O=[N+]([O-])c1ccc(O)cc1. The first-order valence-electron chi connectivity index (χ1n) is 4.84. The molecule has 0 aliphatic rings. The molecular formula is C10H17N3O3. The molecule has 0 radical (unpaired) electrons. The van der Waals surface area contributed by atoms with Crippen LogP contribution in [0.1, 0.15) is 0 Å². The molecule has 0 unspecified atom stereocenters. The number of non-ortho nitro benzene ring substituents is 1. The van der Waals surface area contributed by atoms with E-state index in [-0.39, 0.29) is 11.4 Å². The van der Waals surface area contributed by atoms with Crippen molar-refractivity contribution in [3.05, 3.63) is 34.4 Å². The number of rotatable bonds is 4. The Balaban J connectivity index is 0.000000325. The largest absolute Gasteiger partial charge is 0.508 e. The molecule has 3 N–H and O–H groups in total. The van der Waals surface area contributed by atoms with Crippen molar-refractivity contribution in [2.75, 3.05) is 27.2 Å². The molecule has 0 spiro atoms. The van der Waals surface area contributed by atoms with Crippen molar-refractivity contribution >= 4 is 5.69 Å². The second kappa shape index (κ2) is 8.63. The number of nitro benzene ring substituents is 1. The first kappa shape index (κ1) is 14.3. The number of aromatic hydroxyl groups is 1. The number of nitrogens with zero attached hydrogens (tertiary/aromatic N) is 1. The summed E-state index contributed by atoms with van der Waals surface area (Å²) in [4.78, 5) is 9.52. The number of benzene rings is 1. The Morgan fingerprint density at radius 3 is 1.94 bits per heavy atom. The van der Waals surface area contributed by atoms with Gasteiger partial charge in [0.25, 0.3) is 5.69 Å². The number of nitrogens with one attached hydrogen (secondary N) is 2. The molecule has 90 valence electrons. The van der Waals surface area contributed by atoms with Gasteiger partial charge in [0, 0.05) is 25.2 Å². The lowest BCUT2D eigenvalue weighted by Crippen LogP contribution is -2.21. The van der Waals surface area contributed by atoms with E-state index < -0.39 is 4.92 Å². The van der Waals surface area contributed by atoms with Crippen molar-refractivity contribution in [3.8, 4) is 5.75 Å². The number of phenols is 1. The Morgan fingerprint density at radius 2 is 1.62 bits per heavy atom. The van der Waals surface area contributed by atoms with E-state index in [0.717, 1.165) is 13.1 Å². The van der Waals surface area contributed by atoms with Crippen LogP contribution in [0, 0.1) is 10.1 Å². The van der Waals surface area contributed by atoms with Gasteiger partial charge in [0.2, 0.25) is 0 Å². The average Bonchev–Trinajstić information content (AvgIpc) is 2.28. The Bertz CT molecular complexity index is 297. The monoisotopic (exact) mass is 227 g/mol. The van der Waals surface area contributed by atoms with Gasteiger partial charge in [-0.05, 0) is 26.2 Å². The minimum Gasteiger partial charge on any atom is -0.508 e. The molecule has 0 aliphatic heterocycles. The minimum atomic E-state index is -0.514. The zero-order valence-corrected chi connectivity index (χ0v) is 9.43. The maximum Gasteiger partial charge on any atom is 0.269 e. The Labute approximate surface area is 94.4 Å². The van der Waals surface area contributed by atoms with Gasteiger partial charge in [-0.1, -0.05) is 0 Å². The van der Waals surface area contributed by atoms with E-state index in [1.807, 2.05) is 14.1 Å². The molecular weight excluding hydrogens is 210 g/mol. The Morgan fingerprint density at radius 1 is 1.19 bits per heavy atom. The van der Waals surface area contributed by atoms with Gasteiger partial charge in [-0.3, -0.25) is 10.1 Å². The van der Waals surface area contributed by atoms with Crippen LogP contribution < -0.4 is 10.6 Å². The van der Waals surface area contributed by atoms with Gasteiger partial charge in [0.05, 0.1) is 4.92 Å². The molecule has 0 aromatic heterocycles. The Kier molecular flexibility index (Phi) is 7.74. The predicted octanol–water partition coefficient (Wildman–Crippen LogP) is 0.726. The Hall–Kier alpha value is -1.66. The summed E-state index contributed by atoms with van der Waals surface area (Å²) in [5.74, 6) is 0.0330. The second-order valence-corrected chi connectivity index (χ2v) is 2.98. The number of phenolic OH excluding ortho intramolecular Hbond substituents is 1. The number of likely N-dealkylation sites (N-methyl/N-ethyl adjacent to an activating group) is 2. The second-order valence-electron chi connectivity index (χ2n) is 2.98. The molecule has 6 heteroatoms. The van der Waals surface area contributed by atoms with E-state index in [1.54, 1.807) is 0 Å². The van der Waals surface area contributed by atoms with Crippen LogP contribution in [0.2, 0.25) is 0 Å². The molecule has 0 amide bonds. The number of hydrogen-bond acceptors (Lipinski definition) is 5. The van der Waals surface area contributed by atoms with Crippen molar-refractivity contribution in [3.63, 3.8) is 0 Å². The lowest BCUT2D eigenvalue weighted by Gasteiger charge is -1.92. The third kappa shape index (κ3) is 6.74. The van der Waals surface area contributed by atoms with Crippen LogP contribution in [0.3, 0.4) is 0 Å². The fourth-order valence-corrected chi connectivity index (χ4v) is 0.824. The van der Waals surface area contributed by atoms with Crippen LogP contribution in [0.25, 0.3) is 0 Å². The van der Waals surface area contributed by atoms with Crippen LogP contribution in [0.15, 0.2) is 24.3 Å². The fraction of sp³-hybridized carbons (Fsp3) is 0.400. The first-order chi connectivity index (χ1) is 7.61. The predicted molar refractivity (Wildman–Crippen MR) is 62.6 cm³/mol. The summed E-state index contributed by atoms with van der Waals surface area (Å²) in [6.45, 7) is 2.10. The zero-order chi connectivity index (χ0) is 12.4. The third-order valence-electron chi connectivity index (χ3n) is 1.69. The van der Waals surface area contributed by atoms with Gasteiger partial charge in [-0.15, -0.1) is 0 Å². The van der Waals surface area contributed by atoms with E-state index >= 15 is 0 Å². The highest BCUT2D eigenvalue weighted by molar-refractivity contribution is 5.34. The topological polar surface area (TPSA) is 87.4 Å². The summed E-state index contributed by atoms with van der Waals surface area (Å²) in [5, 5.41) is 24.8. The van der Waals surface area contributed by atoms with E-state index in [1.165, 1.54) is 24.3 Å². The lowest BCUT2D eigenvalue weighted by molar-refractivity contribution is -0.384. The maximum absolute atomic E-state index is 10.0. The van der Waals surface area contributed by atoms with E-state index in [9.17, 15) is 10.1 Å². The van der Waals surface area contributed by atoms with Crippen LogP contribution >= 0.6 is 0 Å². The van der Waals surface area contributed by atoms with Gasteiger partial charge in [0.15, 0.2) is 0 Å². The van der Waals surface area contributed by atoms with Crippen LogP contribution in [0.5, 0.6) is 5.75 Å². The third-order valence-corrected chi connectivity index (χ3v) is 1.69. The van der Waals surface area contributed by atoms with Gasteiger partial charge >= 0.3 is 0 Å². The summed E-state index contributed by atoms with van der Waals surface area (Å²) in [7, 11) is 3.88. The van der Waals surface area contributed by atoms with Crippen molar-refractivity contribution < 1.29 is 10.0 Å². The summed E-state index contributed by atoms with van der Waals surface area (Å²) in [6, 6.07) is 5.04. The van der Waals surface area contributed by atoms with E-state index in [4.69, 9.17) is 5.11 Å². The molecule has 1 aromatic carbocycles. The van der Waals surface area contributed by atoms with Crippen molar-refractivity contribution in [2.45, 2.75) is 0 Å². The van der Waals surface area contributed by atoms with E-state index in [2.05, 4.69) is 10.6 Å². The van der Waals surface area contributed by atoms with E-state index in [0.29, 0.717) is 0 Å². The van der Waals surface area contributed by atoms with Crippen LogP contribution in [-0.4, -0.2) is 37.2 Å². The molecule has 16 heavy (non-hydrogen) atoms. The summed E-state index contributed by atoms with van der Waals surface area (Å²) in [6.07, 6.45) is 0. The van der Waals surface area contributed by atoms with Gasteiger partial charge in [0.1, 0.15) is 5.75 Å². The van der Waals surface area contributed by atoms with Gasteiger partial charge in [-0.2, -0.15) is 0 Å². The highest BCUT2D eigenvalue weighted by atomic mass is 16.6. The summed E-state index contributed by atoms with van der Waals surface area (Å²) in [5.41, 5.74) is -0.0159. The molecule has 0 bridgehead atoms.